The van der Waals surface area contributed by atoms with Gasteiger partial charge < -0.3 is 0 Å². The van der Waals surface area contributed by atoms with E-state index >= 15 is 0 Å². The Morgan fingerprint density at radius 3 is 2.11 bits per heavy atom. The first-order chi connectivity index (χ1) is 13.3. The topological polar surface area (TPSA) is 12.4 Å². The van der Waals surface area contributed by atoms with E-state index in [0.717, 1.165) is 22.2 Å². The third-order valence-electron chi connectivity index (χ3n) is 3.90. The minimum atomic E-state index is 0.916. The monoisotopic (exact) mass is 389 g/mol. The zero-order chi connectivity index (χ0) is 18.7. The van der Waals surface area contributed by atoms with Crippen molar-refractivity contribution in [1.82, 2.24) is 0 Å². The second-order valence-corrected chi connectivity index (χ2v) is 8.05. The van der Waals surface area contributed by atoms with Crippen LogP contribution in [0.5, 0.6) is 0 Å². The van der Waals surface area contributed by atoms with Gasteiger partial charge in [0.05, 0.1) is 10.7 Å². The molecule has 27 heavy (non-hydrogen) atoms. The Morgan fingerprint density at radius 1 is 0.778 bits per heavy atom. The number of thioether (sulfide) groups is 2. The molecule has 1 nitrogen and oxygen atoms in total. The average molecular weight is 390 g/mol. The SMILES string of the molecule is Cc1ccc(CSC=CC(=Nc2ccccc2)SCc2ccccc2)cc1. The Hall–Kier alpha value is -2.23. The first-order valence-corrected chi connectivity index (χ1v) is 11.0. The van der Waals surface area contributed by atoms with Crippen LogP contribution in [0.3, 0.4) is 0 Å². The van der Waals surface area contributed by atoms with Gasteiger partial charge >= 0.3 is 0 Å². The van der Waals surface area contributed by atoms with Crippen molar-refractivity contribution < 1.29 is 0 Å². The molecule has 3 aromatic carbocycles. The lowest BCUT2D eigenvalue weighted by atomic mass is 10.2. The number of hydrogen-bond acceptors (Lipinski definition) is 3. The van der Waals surface area contributed by atoms with Crippen molar-refractivity contribution in [3.63, 3.8) is 0 Å². The number of aryl methyl sites for hydroxylation is 1. The summed E-state index contributed by atoms with van der Waals surface area (Å²) in [7, 11) is 0. The molecule has 0 saturated carbocycles. The van der Waals surface area contributed by atoms with E-state index in [9.17, 15) is 0 Å². The lowest BCUT2D eigenvalue weighted by molar-refractivity contribution is 1.37. The normalized spacial score (nSPS) is 11.8. The van der Waals surface area contributed by atoms with Crippen LogP contribution in [0.25, 0.3) is 0 Å². The molecule has 3 heteroatoms. The molecule has 0 bridgehead atoms. The van der Waals surface area contributed by atoms with E-state index in [1.165, 1.54) is 16.7 Å². The Bertz CT molecular complexity index is 869. The maximum absolute atomic E-state index is 4.81. The van der Waals surface area contributed by atoms with Gasteiger partial charge in [0.25, 0.3) is 0 Å². The first kappa shape index (κ1) is 19.5. The molecule has 0 amide bonds. The Kier molecular flexibility index (Phi) is 7.82. The quantitative estimate of drug-likeness (QED) is 0.308. The zero-order valence-corrected chi connectivity index (χ0v) is 17.0. The number of para-hydroxylation sites is 1. The second kappa shape index (κ2) is 10.8. The van der Waals surface area contributed by atoms with Gasteiger partial charge in [-0.15, -0.1) is 23.5 Å². The molecule has 0 atom stereocenters. The molecule has 0 spiro atoms. The van der Waals surface area contributed by atoms with Gasteiger partial charge in [0.2, 0.25) is 0 Å². The summed E-state index contributed by atoms with van der Waals surface area (Å²) in [4.78, 5) is 4.81. The molecule has 0 aliphatic carbocycles. The molecule has 3 rings (SSSR count). The van der Waals surface area contributed by atoms with Gasteiger partial charge in [-0.2, -0.15) is 0 Å². The maximum Gasteiger partial charge on any atom is 0.0975 e. The van der Waals surface area contributed by atoms with E-state index in [4.69, 9.17) is 4.99 Å². The summed E-state index contributed by atoms with van der Waals surface area (Å²) in [5.41, 5.74) is 4.94. The Labute approximate surface area is 170 Å². The molecule has 0 fully saturated rings. The van der Waals surface area contributed by atoms with Gasteiger partial charge in [0, 0.05) is 11.5 Å². The van der Waals surface area contributed by atoms with Crippen LogP contribution in [-0.2, 0) is 11.5 Å². The minimum Gasteiger partial charge on any atom is -0.242 e. The van der Waals surface area contributed by atoms with Crippen LogP contribution in [0.2, 0.25) is 0 Å². The van der Waals surface area contributed by atoms with Gasteiger partial charge in [-0.05, 0) is 41.7 Å². The molecule has 0 aliphatic heterocycles. The molecule has 136 valence electrons. The number of rotatable bonds is 7. The van der Waals surface area contributed by atoms with Gasteiger partial charge in [-0.3, -0.25) is 0 Å². The van der Waals surface area contributed by atoms with Crippen molar-refractivity contribution in [2.75, 3.05) is 0 Å². The fourth-order valence-corrected chi connectivity index (χ4v) is 4.05. The van der Waals surface area contributed by atoms with E-state index in [-0.39, 0.29) is 0 Å². The second-order valence-electron chi connectivity index (χ2n) is 6.16. The summed E-state index contributed by atoms with van der Waals surface area (Å²) in [6.45, 7) is 2.12. The summed E-state index contributed by atoms with van der Waals surface area (Å²) < 4.78 is 0. The summed E-state index contributed by atoms with van der Waals surface area (Å²) in [5.74, 6) is 1.89. The summed E-state index contributed by atoms with van der Waals surface area (Å²) in [5, 5.41) is 3.18. The number of aliphatic imine (C=N–C) groups is 1. The lowest BCUT2D eigenvalue weighted by Gasteiger charge is -2.03. The van der Waals surface area contributed by atoms with E-state index < -0.39 is 0 Å². The largest absolute Gasteiger partial charge is 0.242 e. The fourth-order valence-electron chi connectivity index (χ4n) is 2.41. The molecule has 0 unspecified atom stereocenters. The van der Waals surface area contributed by atoms with E-state index in [1.54, 1.807) is 23.5 Å². The van der Waals surface area contributed by atoms with Gasteiger partial charge in [0.15, 0.2) is 0 Å². The van der Waals surface area contributed by atoms with Crippen molar-refractivity contribution in [1.29, 1.82) is 0 Å². The number of nitrogens with zero attached hydrogens (tertiary/aromatic N) is 1. The first-order valence-electron chi connectivity index (χ1n) is 8.94. The predicted octanol–water partition coefficient (Wildman–Crippen LogP) is 7.41. The van der Waals surface area contributed by atoms with E-state index in [0.29, 0.717) is 0 Å². The highest BCUT2D eigenvalue weighted by Gasteiger charge is 2.00. The van der Waals surface area contributed by atoms with Crippen LogP contribution in [0.4, 0.5) is 5.69 Å². The summed E-state index contributed by atoms with van der Waals surface area (Å²) in [6, 6.07) is 29.4. The van der Waals surface area contributed by atoms with Crippen LogP contribution >= 0.6 is 23.5 Å². The minimum absolute atomic E-state index is 0.916. The van der Waals surface area contributed by atoms with Crippen LogP contribution in [-0.4, -0.2) is 5.04 Å². The molecular formula is C24H23NS2. The lowest BCUT2D eigenvalue weighted by Crippen LogP contribution is -1.89. The van der Waals surface area contributed by atoms with E-state index in [2.05, 4.69) is 73.0 Å². The molecule has 3 aromatic rings. The van der Waals surface area contributed by atoms with Crippen molar-refractivity contribution in [2.45, 2.75) is 18.4 Å². The van der Waals surface area contributed by atoms with Gasteiger partial charge in [-0.25, -0.2) is 4.99 Å². The van der Waals surface area contributed by atoms with Crippen LogP contribution in [0, 0.1) is 6.92 Å². The Morgan fingerprint density at radius 2 is 1.41 bits per heavy atom. The highest BCUT2D eigenvalue weighted by atomic mass is 32.2. The van der Waals surface area contributed by atoms with Crippen LogP contribution < -0.4 is 0 Å². The molecular weight excluding hydrogens is 366 g/mol. The highest BCUT2D eigenvalue weighted by molar-refractivity contribution is 8.13. The number of hydrogen-bond donors (Lipinski definition) is 0. The molecule has 0 radical (unpaired) electrons. The zero-order valence-electron chi connectivity index (χ0n) is 15.4. The smallest absolute Gasteiger partial charge is 0.0975 e. The van der Waals surface area contributed by atoms with Crippen LogP contribution in [0.15, 0.2) is 101 Å². The fraction of sp³-hybridized carbons (Fsp3) is 0.125. The third-order valence-corrected chi connectivity index (χ3v) is 5.73. The van der Waals surface area contributed by atoms with E-state index in [1.807, 2.05) is 30.3 Å². The maximum atomic E-state index is 4.81. The molecule has 0 saturated heterocycles. The summed E-state index contributed by atoms with van der Waals surface area (Å²) in [6.07, 6.45) is 2.12. The molecule has 0 aliphatic rings. The highest BCUT2D eigenvalue weighted by Crippen LogP contribution is 2.21. The van der Waals surface area contributed by atoms with Crippen molar-refractivity contribution in [3.05, 3.63) is 113 Å². The molecule has 0 heterocycles. The van der Waals surface area contributed by atoms with Crippen molar-refractivity contribution in [2.24, 2.45) is 4.99 Å². The molecule has 0 aromatic heterocycles. The molecule has 0 N–H and O–H groups in total. The van der Waals surface area contributed by atoms with Crippen LogP contribution in [0.1, 0.15) is 16.7 Å². The van der Waals surface area contributed by atoms with Gasteiger partial charge in [-0.1, -0.05) is 78.4 Å². The van der Waals surface area contributed by atoms with Gasteiger partial charge in [0.1, 0.15) is 0 Å². The average Bonchev–Trinajstić information content (AvgIpc) is 2.72. The standard InChI is InChI=1S/C24H23NS2/c1-20-12-14-22(15-13-20)18-26-17-16-24(25-23-10-6-3-7-11-23)27-19-21-8-4-2-5-9-21/h2-17H,18-19H2,1H3. The predicted molar refractivity (Wildman–Crippen MR) is 123 cm³/mol. The third kappa shape index (κ3) is 7.12. The Balaban J connectivity index is 1.63. The van der Waals surface area contributed by atoms with Crippen molar-refractivity contribution in [3.8, 4) is 0 Å². The van der Waals surface area contributed by atoms with Crippen molar-refractivity contribution >= 4 is 34.3 Å². The summed E-state index contributed by atoms with van der Waals surface area (Å²) >= 11 is 3.57. The number of benzene rings is 3.